The Bertz CT molecular complexity index is 564. The molecule has 0 bridgehead atoms. The number of fused-ring (bicyclic) bond motifs is 1. The first kappa shape index (κ1) is 12.0. The smallest absolute Gasteiger partial charge is 0.160 e. The maximum absolute atomic E-state index is 6.31. The predicted molar refractivity (Wildman–Crippen MR) is 73.9 cm³/mol. The Kier molecular flexibility index (Phi) is 2.81. The molecule has 1 unspecified atom stereocenters. The number of pyridine rings is 1. The summed E-state index contributed by atoms with van der Waals surface area (Å²) in [5.74, 6) is 0.965. The molecular weight excluding hydrogens is 246 g/mol. The Morgan fingerprint density at radius 3 is 2.83 bits per heavy atom. The number of hydrogen-bond acceptors (Lipinski definition) is 2. The lowest BCUT2D eigenvalue weighted by Crippen LogP contribution is -2.41. The number of imidazole rings is 1. The van der Waals surface area contributed by atoms with Crippen LogP contribution >= 0.6 is 11.6 Å². The molecule has 2 heterocycles. The fourth-order valence-electron chi connectivity index (χ4n) is 2.98. The molecule has 0 N–H and O–H groups in total. The van der Waals surface area contributed by atoms with Crippen LogP contribution in [0.15, 0.2) is 18.3 Å². The monoisotopic (exact) mass is 263 g/mol. The molecule has 0 aromatic carbocycles. The van der Waals surface area contributed by atoms with Crippen LogP contribution in [0, 0.1) is 0 Å². The molecule has 2 aromatic rings. The van der Waals surface area contributed by atoms with E-state index in [0.717, 1.165) is 23.4 Å². The minimum absolute atomic E-state index is 0.0803. The number of aromatic nitrogens is 3. The summed E-state index contributed by atoms with van der Waals surface area (Å²) >= 11 is 6.31. The molecular formula is C14H18ClN3. The molecule has 96 valence electrons. The summed E-state index contributed by atoms with van der Waals surface area (Å²) in [6.45, 7) is 4.23. The number of halogens is 1. The van der Waals surface area contributed by atoms with Gasteiger partial charge in [-0.15, -0.1) is 11.6 Å². The van der Waals surface area contributed by atoms with Crippen LogP contribution in [-0.4, -0.2) is 14.5 Å². The van der Waals surface area contributed by atoms with Crippen LogP contribution in [0.2, 0.25) is 0 Å². The molecule has 4 heteroatoms. The highest BCUT2D eigenvalue weighted by molar-refractivity contribution is 6.20. The molecule has 0 radical (unpaired) electrons. The van der Waals surface area contributed by atoms with Crippen molar-refractivity contribution in [3.63, 3.8) is 0 Å². The zero-order valence-electron chi connectivity index (χ0n) is 10.9. The Morgan fingerprint density at radius 2 is 2.28 bits per heavy atom. The first-order valence-electron chi connectivity index (χ1n) is 6.66. The van der Waals surface area contributed by atoms with Crippen LogP contribution in [-0.2, 0) is 5.54 Å². The highest BCUT2D eigenvalue weighted by Crippen LogP contribution is 2.45. The zero-order chi connectivity index (χ0) is 12.8. The summed E-state index contributed by atoms with van der Waals surface area (Å²) in [7, 11) is 0. The lowest BCUT2D eigenvalue weighted by Gasteiger charge is -2.43. The minimum atomic E-state index is -0.0803. The van der Waals surface area contributed by atoms with Crippen LogP contribution in [0.4, 0.5) is 0 Å². The Labute approximate surface area is 112 Å². The summed E-state index contributed by atoms with van der Waals surface area (Å²) in [6, 6.07) is 3.95. The number of hydrogen-bond donors (Lipinski definition) is 0. The van der Waals surface area contributed by atoms with Crippen LogP contribution in [0.25, 0.3) is 11.2 Å². The van der Waals surface area contributed by atoms with Crippen molar-refractivity contribution < 1.29 is 0 Å². The maximum atomic E-state index is 6.31. The number of nitrogens with zero attached hydrogens (tertiary/aromatic N) is 3. The Balaban J connectivity index is 2.27. The lowest BCUT2D eigenvalue weighted by atomic mass is 9.74. The minimum Gasteiger partial charge on any atom is -0.305 e. The van der Waals surface area contributed by atoms with Crippen molar-refractivity contribution in [2.75, 3.05) is 0 Å². The van der Waals surface area contributed by atoms with Crippen molar-refractivity contribution in [1.29, 1.82) is 0 Å². The van der Waals surface area contributed by atoms with E-state index in [9.17, 15) is 0 Å². The third-order valence-corrected chi connectivity index (χ3v) is 4.41. The molecule has 1 aliphatic carbocycles. The van der Waals surface area contributed by atoms with E-state index >= 15 is 0 Å². The first-order chi connectivity index (χ1) is 8.68. The van der Waals surface area contributed by atoms with Crippen molar-refractivity contribution in [2.24, 2.45) is 0 Å². The Hall–Kier alpha value is -1.09. The van der Waals surface area contributed by atoms with Gasteiger partial charge in [0.2, 0.25) is 0 Å². The topological polar surface area (TPSA) is 30.7 Å². The van der Waals surface area contributed by atoms with E-state index < -0.39 is 0 Å². The fourth-order valence-corrected chi connectivity index (χ4v) is 3.13. The summed E-state index contributed by atoms with van der Waals surface area (Å²) in [5, 5.41) is -0.0803. The van der Waals surface area contributed by atoms with Gasteiger partial charge in [0.1, 0.15) is 11.3 Å². The largest absolute Gasteiger partial charge is 0.305 e. The van der Waals surface area contributed by atoms with E-state index in [4.69, 9.17) is 11.6 Å². The quantitative estimate of drug-likeness (QED) is 0.783. The van der Waals surface area contributed by atoms with E-state index in [1.54, 1.807) is 0 Å². The van der Waals surface area contributed by atoms with E-state index in [1.165, 1.54) is 19.3 Å². The average Bonchev–Trinajstić information content (AvgIpc) is 2.69. The van der Waals surface area contributed by atoms with Gasteiger partial charge in [-0.3, -0.25) is 0 Å². The van der Waals surface area contributed by atoms with Gasteiger partial charge in [0.15, 0.2) is 5.65 Å². The standard InChI is InChI=1S/C14H18ClN3/c1-3-14(7-5-8-14)18-12(10(2)15)17-11-6-4-9-16-13(11)18/h4,6,9-10H,3,5,7-8H2,1-2H3. The van der Waals surface area contributed by atoms with Crippen LogP contribution < -0.4 is 0 Å². The van der Waals surface area contributed by atoms with Gasteiger partial charge < -0.3 is 4.57 Å². The molecule has 3 nitrogen and oxygen atoms in total. The second-order valence-corrected chi connectivity index (χ2v) is 5.85. The summed E-state index contributed by atoms with van der Waals surface area (Å²) in [6.07, 6.45) is 6.66. The second-order valence-electron chi connectivity index (χ2n) is 5.20. The van der Waals surface area contributed by atoms with Crippen LogP contribution in [0.3, 0.4) is 0 Å². The molecule has 1 saturated carbocycles. The van der Waals surface area contributed by atoms with E-state index in [0.29, 0.717) is 0 Å². The van der Waals surface area contributed by atoms with Crippen molar-refractivity contribution in [1.82, 2.24) is 14.5 Å². The molecule has 0 amide bonds. The van der Waals surface area contributed by atoms with Gasteiger partial charge in [-0.05, 0) is 44.7 Å². The van der Waals surface area contributed by atoms with Crippen molar-refractivity contribution in [3.8, 4) is 0 Å². The molecule has 0 saturated heterocycles. The van der Waals surface area contributed by atoms with Crippen LogP contribution in [0.1, 0.15) is 50.7 Å². The van der Waals surface area contributed by atoms with E-state index in [1.807, 2.05) is 25.3 Å². The predicted octanol–water partition coefficient (Wildman–Crippen LogP) is 4.02. The number of rotatable bonds is 3. The maximum Gasteiger partial charge on any atom is 0.160 e. The SMILES string of the molecule is CCC1(n2c(C(C)Cl)nc3cccnc32)CCC1. The zero-order valence-corrected chi connectivity index (χ0v) is 11.6. The normalized spacial score (nSPS) is 19.7. The van der Waals surface area contributed by atoms with Gasteiger partial charge in [-0.25, -0.2) is 9.97 Å². The molecule has 3 rings (SSSR count). The fraction of sp³-hybridized carbons (Fsp3) is 0.571. The molecule has 2 aromatic heterocycles. The lowest BCUT2D eigenvalue weighted by molar-refractivity contribution is 0.136. The first-order valence-corrected chi connectivity index (χ1v) is 7.09. The van der Waals surface area contributed by atoms with Gasteiger partial charge in [0, 0.05) is 11.7 Å². The van der Waals surface area contributed by atoms with Crippen molar-refractivity contribution in [2.45, 2.75) is 50.4 Å². The van der Waals surface area contributed by atoms with Gasteiger partial charge in [0.25, 0.3) is 0 Å². The second kappa shape index (κ2) is 4.23. The highest BCUT2D eigenvalue weighted by Gasteiger charge is 2.40. The third-order valence-electron chi connectivity index (χ3n) is 4.21. The van der Waals surface area contributed by atoms with Crippen molar-refractivity contribution >= 4 is 22.8 Å². The van der Waals surface area contributed by atoms with E-state index in [2.05, 4.69) is 21.5 Å². The molecule has 0 spiro atoms. The van der Waals surface area contributed by atoms with Crippen molar-refractivity contribution in [3.05, 3.63) is 24.2 Å². The molecule has 18 heavy (non-hydrogen) atoms. The summed E-state index contributed by atoms with van der Waals surface area (Å²) < 4.78 is 2.31. The van der Waals surface area contributed by atoms with Gasteiger partial charge >= 0.3 is 0 Å². The Morgan fingerprint density at radius 1 is 1.50 bits per heavy atom. The average molecular weight is 264 g/mol. The number of alkyl halides is 1. The van der Waals surface area contributed by atoms with Crippen LogP contribution in [0.5, 0.6) is 0 Å². The molecule has 1 aliphatic rings. The molecule has 1 fully saturated rings. The highest BCUT2D eigenvalue weighted by atomic mass is 35.5. The van der Waals surface area contributed by atoms with Gasteiger partial charge in [-0.2, -0.15) is 0 Å². The molecule has 1 atom stereocenters. The third kappa shape index (κ3) is 1.57. The summed E-state index contributed by atoms with van der Waals surface area (Å²) in [5.41, 5.74) is 2.14. The van der Waals surface area contributed by atoms with E-state index in [-0.39, 0.29) is 10.9 Å². The van der Waals surface area contributed by atoms with Gasteiger partial charge in [0.05, 0.1) is 5.38 Å². The molecule has 0 aliphatic heterocycles. The summed E-state index contributed by atoms with van der Waals surface area (Å²) in [4.78, 5) is 9.20. The van der Waals surface area contributed by atoms with Gasteiger partial charge in [-0.1, -0.05) is 6.92 Å².